The molecular weight excluding hydrogens is 440 g/mol. The first-order chi connectivity index (χ1) is 15.4. The minimum atomic E-state index is -1.15. The highest BCUT2D eigenvalue weighted by atomic mass is 35.5. The van der Waals surface area contributed by atoms with Crippen LogP contribution in [0.5, 0.6) is 0 Å². The van der Waals surface area contributed by atoms with E-state index in [1.165, 1.54) is 12.8 Å². The highest BCUT2D eigenvalue weighted by molar-refractivity contribution is 7.82. The Morgan fingerprint density at radius 1 is 1.28 bits per heavy atom. The zero-order valence-electron chi connectivity index (χ0n) is 19.3. The molecule has 2 aliphatic rings. The third kappa shape index (κ3) is 7.01. The van der Waals surface area contributed by atoms with Crippen molar-refractivity contribution in [2.24, 2.45) is 24.6 Å². The lowest BCUT2D eigenvalue weighted by atomic mass is 9.74. The van der Waals surface area contributed by atoms with Gasteiger partial charge in [-0.25, -0.2) is 13.5 Å². The molecule has 7 heteroatoms. The van der Waals surface area contributed by atoms with Gasteiger partial charge in [0.1, 0.15) is 11.0 Å². The first-order valence-corrected chi connectivity index (χ1v) is 13.1. The molecule has 1 heterocycles. The molecule has 5 nitrogen and oxygen atoms in total. The number of rotatable bonds is 7. The lowest BCUT2D eigenvalue weighted by Crippen LogP contribution is -2.43. The minimum Gasteiger partial charge on any atom is -0.339 e. The van der Waals surface area contributed by atoms with Gasteiger partial charge in [-0.3, -0.25) is 0 Å². The van der Waals surface area contributed by atoms with Gasteiger partial charge in [0.05, 0.1) is 6.33 Å². The van der Waals surface area contributed by atoms with Gasteiger partial charge in [-0.15, -0.1) is 0 Å². The Morgan fingerprint density at radius 3 is 2.50 bits per heavy atom. The highest BCUT2D eigenvalue weighted by Gasteiger charge is 2.32. The molecule has 1 aromatic carbocycles. The summed E-state index contributed by atoms with van der Waals surface area (Å²) in [7, 11) is 0.772. The number of nitrogens with two attached hydrogens (primary N) is 1. The first kappa shape index (κ1) is 25.2. The largest absolute Gasteiger partial charge is 0.339 e. The second kappa shape index (κ2) is 12.1. The van der Waals surface area contributed by atoms with E-state index in [0.29, 0.717) is 17.1 Å². The van der Waals surface area contributed by atoms with E-state index in [1.807, 2.05) is 42.1 Å². The molecule has 2 saturated carbocycles. The van der Waals surface area contributed by atoms with Gasteiger partial charge >= 0.3 is 0 Å². The van der Waals surface area contributed by atoms with Crippen molar-refractivity contribution in [1.29, 1.82) is 0 Å². The first-order valence-electron chi connectivity index (χ1n) is 11.7. The van der Waals surface area contributed by atoms with Crippen LogP contribution in [0.1, 0.15) is 57.4 Å². The van der Waals surface area contributed by atoms with E-state index in [-0.39, 0.29) is 0 Å². The maximum Gasteiger partial charge on any atom is 0.160 e. The average molecular weight is 477 g/mol. The summed E-state index contributed by atoms with van der Waals surface area (Å²) in [6, 6.07) is 8.31. The molecular formula is C25H37ClN4OS. The minimum absolute atomic E-state index is 0.323. The van der Waals surface area contributed by atoms with Gasteiger partial charge in [-0.1, -0.05) is 49.4 Å². The molecule has 176 valence electrons. The zero-order chi connectivity index (χ0) is 23.1. The van der Waals surface area contributed by atoms with Crippen LogP contribution >= 0.6 is 11.6 Å². The van der Waals surface area contributed by atoms with Gasteiger partial charge in [-0.05, 0) is 68.4 Å². The number of hydrogen-bond acceptors (Lipinski definition) is 3. The van der Waals surface area contributed by atoms with Gasteiger partial charge in [0.25, 0.3) is 0 Å². The van der Waals surface area contributed by atoms with E-state index >= 15 is 0 Å². The standard InChI is InChI=1S/C17H30N4OS.C8H7Cl/c1-13-9-14(10-13)7-8-21(16-5-3-15(18)4-6-16)23(22)17-11-20(2)12-19-17;1-2-7-5-3-4-6-8(7)9/h11-16H,3-10,18H2,1-2H3;2-6H,1H2. The number of imidazole rings is 1. The molecule has 32 heavy (non-hydrogen) atoms. The maximum atomic E-state index is 13.1. The molecule has 1 atom stereocenters. The molecule has 0 aliphatic heterocycles. The molecule has 0 bridgehead atoms. The average Bonchev–Trinajstić information content (AvgIpc) is 3.20. The lowest BCUT2D eigenvalue weighted by molar-refractivity contribution is 0.170. The molecule has 4 rings (SSSR count). The van der Waals surface area contributed by atoms with E-state index in [4.69, 9.17) is 17.3 Å². The van der Waals surface area contributed by atoms with Gasteiger partial charge in [0.2, 0.25) is 0 Å². The van der Waals surface area contributed by atoms with Crippen LogP contribution in [0.2, 0.25) is 5.02 Å². The van der Waals surface area contributed by atoms with Crippen LogP contribution in [0.4, 0.5) is 0 Å². The van der Waals surface area contributed by atoms with Crippen molar-refractivity contribution in [3.63, 3.8) is 0 Å². The third-order valence-corrected chi connectivity index (χ3v) is 8.40. The number of aryl methyl sites for hydroxylation is 1. The van der Waals surface area contributed by atoms with Crippen molar-refractivity contribution >= 4 is 28.7 Å². The molecule has 2 aliphatic carbocycles. The van der Waals surface area contributed by atoms with E-state index in [9.17, 15) is 4.21 Å². The fourth-order valence-corrected chi connectivity index (χ4v) is 6.24. The van der Waals surface area contributed by atoms with Crippen molar-refractivity contribution in [1.82, 2.24) is 13.9 Å². The Morgan fingerprint density at radius 2 is 1.97 bits per heavy atom. The van der Waals surface area contributed by atoms with E-state index in [2.05, 4.69) is 22.8 Å². The summed E-state index contributed by atoms with van der Waals surface area (Å²) in [5.41, 5.74) is 7.03. The molecule has 2 fully saturated rings. The summed E-state index contributed by atoms with van der Waals surface area (Å²) in [6.07, 6.45) is 13.4. The fourth-order valence-electron chi connectivity index (χ4n) is 4.64. The molecule has 2 aromatic rings. The maximum absolute atomic E-state index is 13.1. The Hall–Kier alpha value is -1.47. The number of halogens is 1. The number of aromatic nitrogens is 2. The predicted molar refractivity (Wildman–Crippen MR) is 135 cm³/mol. The van der Waals surface area contributed by atoms with Crippen LogP contribution in [0.3, 0.4) is 0 Å². The molecule has 0 saturated heterocycles. The van der Waals surface area contributed by atoms with Crippen molar-refractivity contribution in [2.45, 2.75) is 69.0 Å². The number of nitrogens with zero attached hydrogens (tertiary/aromatic N) is 3. The normalized spacial score (nSPS) is 26.0. The Labute approximate surface area is 200 Å². The molecule has 1 unspecified atom stereocenters. The van der Waals surface area contributed by atoms with Crippen molar-refractivity contribution < 1.29 is 4.21 Å². The predicted octanol–water partition coefficient (Wildman–Crippen LogP) is 5.43. The summed E-state index contributed by atoms with van der Waals surface area (Å²) < 4.78 is 17.1. The van der Waals surface area contributed by atoms with Crippen LogP contribution in [0.15, 0.2) is 48.4 Å². The van der Waals surface area contributed by atoms with Gasteiger partial charge in [0, 0.05) is 36.9 Å². The van der Waals surface area contributed by atoms with Crippen LogP contribution in [-0.4, -0.2) is 36.7 Å². The van der Waals surface area contributed by atoms with E-state index in [1.54, 1.807) is 12.4 Å². The molecule has 1 aromatic heterocycles. The summed E-state index contributed by atoms with van der Waals surface area (Å²) in [5.74, 6) is 1.70. The molecule has 0 spiro atoms. The van der Waals surface area contributed by atoms with Crippen LogP contribution in [0.25, 0.3) is 6.08 Å². The van der Waals surface area contributed by atoms with E-state index < -0.39 is 11.0 Å². The third-order valence-electron chi connectivity index (χ3n) is 6.58. The van der Waals surface area contributed by atoms with Crippen LogP contribution in [0, 0.1) is 11.8 Å². The van der Waals surface area contributed by atoms with Crippen LogP contribution in [-0.2, 0) is 18.0 Å². The second-order valence-electron chi connectivity index (χ2n) is 9.29. The molecule has 2 N–H and O–H groups in total. The Bertz CT molecular complexity index is 888. The van der Waals surface area contributed by atoms with Crippen LogP contribution < -0.4 is 5.73 Å². The quantitative estimate of drug-likeness (QED) is 0.579. The SMILES string of the molecule is C=Cc1ccccc1Cl.CC1CC(CCN(C2CCC(N)CC2)S(=O)c2cn(C)cn2)C1. The summed E-state index contributed by atoms with van der Waals surface area (Å²) in [6.45, 7) is 6.85. The zero-order valence-corrected chi connectivity index (χ0v) is 20.9. The molecule has 0 amide bonds. The van der Waals surface area contributed by atoms with Crippen molar-refractivity contribution in [2.75, 3.05) is 6.54 Å². The van der Waals surface area contributed by atoms with Crippen molar-refractivity contribution in [3.8, 4) is 0 Å². The fraction of sp³-hybridized carbons (Fsp3) is 0.560. The highest BCUT2D eigenvalue weighted by Crippen LogP contribution is 2.36. The summed E-state index contributed by atoms with van der Waals surface area (Å²) in [4.78, 5) is 4.32. The lowest BCUT2D eigenvalue weighted by Gasteiger charge is -2.38. The monoisotopic (exact) mass is 476 g/mol. The summed E-state index contributed by atoms with van der Waals surface area (Å²) >= 11 is 5.75. The van der Waals surface area contributed by atoms with Crippen molar-refractivity contribution in [3.05, 3.63) is 54.0 Å². The molecule has 0 radical (unpaired) electrons. The number of benzene rings is 1. The topological polar surface area (TPSA) is 64.2 Å². The Balaban J connectivity index is 0.000000269. The van der Waals surface area contributed by atoms with E-state index in [0.717, 1.165) is 61.1 Å². The smallest absolute Gasteiger partial charge is 0.160 e. The van der Waals surface area contributed by atoms with Gasteiger partial charge in [-0.2, -0.15) is 0 Å². The summed E-state index contributed by atoms with van der Waals surface area (Å²) in [5, 5.41) is 1.44. The van der Waals surface area contributed by atoms with Gasteiger partial charge in [0.15, 0.2) is 5.03 Å². The number of hydrogen-bond donors (Lipinski definition) is 1. The van der Waals surface area contributed by atoms with Gasteiger partial charge < -0.3 is 10.3 Å². The second-order valence-corrected chi connectivity index (χ2v) is 11.1. The Kier molecular flexibility index (Phi) is 9.53.